The Kier molecular flexibility index (Phi) is 24.9. The first-order chi connectivity index (χ1) is 25.3. The number of carbonyl (C=O) groups is 1. The molecule has 2 rings (SSSR count). The van der Waals surface area contributed by atoms with Crippen LogP contribution in [0.3, 0.4) is 0 Å². The SMILES string of the molecule is CCCCCCCC(CCCCCCCc1ccc([N+](=O)[O-])cc1)OC(=O)OC(CCCCCCC)CCCCCCCc1ccc([N+](=O)[O-])cc1. The summed E-state index contributed by atoms with van der Waals surface area (Å²) >= 11 is 0. The van der Waals surface area contributed by atoms with Crippen LogP contribution in [0.4, 0.5) is 16.2 Å². The number of nitro groups is 2. The Morgan fingerprint density at radius 2 is 0.769 bits per heavy atom. The Bertz CT molecular complexity index is 1130. The quantitative estimate of drug-likeness (QED) is 0.0318. The summed E-state index contributed by atoms with van der Waals surface area (Å²) < 4.78 is 12.0. The molecular weight excluding hydrogens is 656 g/mol. The topological polar surface area (TPSA) is 122 Å². The molecule has 0 fully saturated rings. The van der Waals surface area contributed by atoms with Crippen molar-refractivity contribution in [2.75, 3.05) is 0 Å². The molecule has 2 aromatic carbocycles. The maximum atomic E-state index is 13.1. The molecule has 0 saturated carbocycles. The van der Waals surface area contributed by atoms with Crippen molar-refractivity contribution in [3.8, 4) is 0 Å². The summed E-state index contributed by atoms with van der Waals surface area (Å²) in [5, 5.41) is 21.8. The largest absolute Gasteiger partial charge is 0.508 e. The number of hydrogen-bond acceptors (Lipinski definition) is 7. The number of hydrogen-bond donors (Lipinski definition) is 0. The fourth-order valence-electron chi connectivity index (χ4n) is 6.81. The highest BCUT2D eigenvalue weighted by Gasteiger charge is 2.20. The number of unbranched alkanes of at least 4 members (excludes halogenated alkanes) is 16. The van der Waals surface area contributed by atoms with E-state index in [2.05, 4.69) is 13.8 Å². The molecule has 9 heteroatoms. The molecule has 0 aliphatic rings. The summed E-state index contributed by atoms with van der Waals surface area (Å²) in [6, 6.07) is 13.7. The van der Waals surface area contributed by atoms with Crippen LogP contribution in [0.1, 0.15) is 179 Å². The van der Waals surface area contributed by atoms with Gasteiger partial charge in [0.1, 0.15) is 12.2 Å². The van der Waals surface area contributed by atoms with Crippen LogP contribution in [0.15, 0.2) is 48.5 Å². The number of rotatable bonds is 32. The maximum Gasteiger partial charge on any atom is 0.508 e. The number of carbonyl (C=O) groups excluding carboxylic acids is 1. The lowest BCUT2D eigenvalue weighted by Crippen LogP contribution is -2.24. The van der Waals surface area contributed by atoms with E-state index in [1.165, 1.54) is 51.4 Å². The fourth-order valence-corrected chi connectivity index (χ4v) is 6.81. The summed E-state index contributed by atoms with van der Waals surface area (Å²) in [6.07, 6.45) is 27.3. The molecule has 52 heavy (non-hydrogen) atoms. The Hall–Kier alpha value is -3.49. The lowest BCUT2D eigenvalue weighted by atomic mass is 10.0. The van der Waals surface area contributed by atoms with Gasteiger partial charge in [0.15, 0.2) is 0 Å². The Balaban J connectivity index is 1.75. The summed E-state index contributed by atoms with van der Waals surface area (Å²) in [5.74, 6) is 0. The van der Waals surface area contributed by atoms with E-state index in [0.717, 1.165) is 127 Å². The molecule has 0 radical (unpaired) electrons. The lowest BCUT2D eigenvalue weighted by Gasteiger charge is -2.22. The minimum absolute atomic E-state index is 0.102. The van der Waals surface area contributed by atoms with Gasteiger partial charge < -0.3 is 9.47 Å². The zero-order chi connectivity index (χ0) is 37.7. The maximum absolute atomic E-state index is 13.1. The number of ether oxygens (including phenoxy) is 2. The summed E-state index contributed by atoms with van der Waals surface area (Å²) in [4.78, 5) is 34.2. The average Bonchev–Trinajstić information content (AvgIpc) is 3.13. The van der Waals surface area contributed by atoms with Crippen molar-refractivity contribution in [2.24, 2.45) is 0 Å². The second-order valence-electron chi connectivity index (χ2n) is 14.6. The number of aryl methyl sites for hydroxylation is 2. The van der Waals surface area contributed by atoms with Crippen LogP contribution in [0.5, 0.6) is 0 Å². The van der Waals surface area contributed by atoms with Crippen LogP contribution in [0.25, 0.3) is 0 Å². The first-order valence-electron chi connectivity index (χ1n) is 20.7. The van der Waals surface area contributed by atoms with Crippen molar-refractivity contribution in [2.45, 2.75) is 193 Å². The van der Waals surface area contributed by atoms with Gasteiger partial charge in [0.2, 0.25) is 0 Å². The van der Waals surface area contributed by atoms with Gasteiger partial charge in [-0.05, 0) is 88.2 Å². The van der Waals surface area contributed by atoms with E-state index in [0.29, 0.717) is 0 Å². The van der Waals surface area contributed by atoms with Crippen molar-refractivity contribution >= 4 is 17.5 Å². The van der Waals surface area contributed by atoms with Gasteiger partial charge >= 0.3 is 6.16 Å². The Labute approximate surface area is 313 Å². The standard InChI is InChI=1S/C43H68N2O7/c1-3-5-7-11-19-25-41(27-21-15-9-13-17-23-37-29-33-39(34-30-37)44(47)48)51-43(46)52-42(26-20-12-8-6-4-2)28-22-16-10-14-18-24-38-31-35-40(36-32-38)45(49)50/h29-36,41-42H,3-28H2,1-2H3. The lowest BCUT2D eigenvalue weighted by molar-refractivity contribution is -0.385. The number of benzene rings is 2. The Morgan fingerprint density at radius 3 is 1.08 bits per heavy atom. The summed E-state index contributed by atoms with van der Waals surface area (Å²) in [5.41, 5.74) is 2.54. The highest BCUT2D eigenvalue weighted by Crippen LogP contribution is 2.22. The van der Waals surface area contributed by atoms with Gasteiger partial charge in [-0.2, -0.15) is 0 Å². The first kappa shape index (κ1) is 44.7. The minimum atomic E-state index is -0.497. The van der Waals surface area contributed by atoms with Gasteiger partial charge in [0, 0.05) is 24.3 Å². The molecule has 0 bridgehead atoms. The molecule has 0 aliphatic carbocycles. The van der Waals surface area contributed by atoms with Crippen LogP contribution in [0.2, 0.25) is 0 Å². The summed E-state index contributed by atoms with van der Waals surface area (Å²) in [7, 11) is 0. The molecule has 0 saturated heterocycles. The van der Waals surface area contributed by atoms with E-state index < -0.39 is 6.16 Å². The van der Waals surface area contributed by atoms with E-state index in [1.807, 2.05) is 24.3 Å². The van der Waals surface area contributed by atoms with Crippen molar-refractivity contribution in [3.05, 3.63) is 79.9 Å². The molecule has 2 unspecified atom stereocenters. The third-order valence-corrected chi connectivity index (χ3v) is 10.1. The minimum Gasteiger partial charge on any atom is -0.431 e. The van der Waals surface area contributed by atoms with Crippen LogP contribution in [0, 0.1) is 20.2 Å². The zero-order valence-electron chi connectivity index (χ0n) is 32.4. The van der Waals surface area contributed by atoms with Crippen molar-refractivity contribution in [1.82, 2.24) is 0 Å². The van der Waals surface area contributed by atoms with Crippen LogP contribution in [-0.4, -0.2) is 28.2 Å². The van der Waals surface area contributed by atoms with E-state index in [-0.39, 0.29) is 33.4 Å². The van der Waals surface area contributed by atoms with Crippen molar-refractivity contribution < 1.29 is 24.1 Å². The second kappa shape index (κ2) is 29.0. The molecule has 9 nitrogen and oxygen atoms in total. The predicted octanol–water partition coefficient (Wildman–Crippen LogP) is 13.6. The third kappa shape index (κ3) is 21.8. The molecular formula is C43H68N2O7. The van der Waals surface area contributed by atoms with Crippen LogP contribution >= 0.6 is 0 Å². The second-order valence-corrected chi connectivity index (χ2v) is 14.6. The Morgan fingerprint density at radius 1 is 0.481 bits per heavy atom. The van der Waals surface area contributed by atoms with E-state index in [4.69, 9.17) is 9.47 Å². The van der Waals surface area contributed by atoms with Crippen LogP contribution < -0.4 is 0 Å². The van der Waals surface area contributed by atoms with E-state index >= 15 is 0 Å². The molecule has 0 N–H and O–H groups in total. The van der Waals surface area contributed by atoms with Crippen molar-refractivity contribution in [3.63, 3.8) is 0 Å². The summed E-state index contributed by atoms with van der Waals surface area (Å²) in [6.45, 7) is 4.44. The number of nitrogens with zero attached hydrogens (tertiary/aromatic N) is 2. The third-order valence-electron chi connectivity index (χ3n) is 10.1. The zero-order valence-corrected chi connectivity index (χ0v) is 32.4. The molecule has 292 valence electrons. The highest BCUT2D eigenvalue weighted by molar-refractivity contribution is 5.60. The van der Waals surface area contributed by atoms with Gasteiger partial charge in [-0.25, -0.2) is 4.79 Å². The predicted molar refractivity (Wildman–Crippen MR) is 211 cm³/mol. The molecule has 0 spiro atoms. The highest BCUT2D eigenvalue weighted by atomic mass is 16.7. The van der Waals surface area contributed by atoms with Gasteiger partial charge in [-0.3, -0.25) is 20.2 Å². The molecule has 0 aliphatic heterocycles. The van der Waals surface area contributed by atoms with Crippen LogP contribution in [-0.2, 0) is 22.3 Å². The molecule has 0 aromatic heterocycles. The molecule has 0 heterocycles. The van der Waals surface area contributed by atoms with Gasteiger partial charge in [-0.15, -0.1) is 0 Å². The average molecular weight is 725 g/mol. The van der Waals surface area contributed by atoms with Gasteiger partial charge in [0.25, 0.3) is 11.4 Å². The van der Waals surface area contributed by atoms with Crippen molar-refractivity contribution in [1.29, 1.82) is 0 Å². The number of non-ortho nitro benzene ring substituents is 2. The van der Waals surface area contributed by atoms with Gasteiger partial charge in [0.05, 0.1) is 9.85 Å². The van der Waals surface area contributed by atoms with E-state index in [9.17, 15) is 25.0 Å². The monoisotopic (exact) mass is 725 g/mol. The van der Waals surface area contributed by atoms with E-state index in [1.54, 1.807) is 24.3 Å². The molecule has 2 aromatic rings. The smallest absolute Gasteiger partial charge is 0.431 e. The molecule has 2 atom stereocenters. The first-order valence-corrected chi connectivity index (χ1v) is 20.7. The van der Waals surface area contributed by atoms with Gasteiger partial charge in [-0.1, -0.05) is 128 Å². The molecule has 0 amide bonds. The normalized spacial score (nSPS) is 12.3. The number of nitro benzene ring substituents is 2. The fraction of sp³-hybridized carbons (Fsp3) is 0.698.